The Morgan fingerprint density at radius 3 is 2.90 bits per heavy atom. The third kappa shape index (κ3) is 3.60. The molecule has 0 spiro atoms. The summed E-state index contributed by atoms with van der Waals surface area (Å²) >= 11 is 0. The molecule has 0 amide bonds. The number of aryl methyl sites for hydroxylation is 1. The summed E-state index contributed by atoms with van der Waals surface area (Å²) in [6.45, 7) is 0. The van der Waals surface area contributed by atoms with Crippen LogP contribution in [0.25, 0.3) is 0 Å². The lowest BCUT2D eigenvalue weighted by Crippen LogP contribution is -2.29. The van der Waals surface area contributed by atoms with Crippen LogP contribution in [0.2, 0.25) is 0 Å². The fourth-order valence-corrected chi connectivity index (χ4v) is 2.70. The molecule has 2 unspecified atom stereocenters. The molecule has 112 valence electrons. The van der Waals surface area contributed by atoms with Gasteiger partial charge in [-0.2, -0.15) is 10.2 Å². The van der Waals surface area contributed by atoms with Gasteiger partial charge in [-0.3, -0.25) is 4.79 Å². The molecule has 2 aliphatic rings. The number of nitrogens with zero attached hydrogens (tertiary/aromatic N) is 3. The molecule has 0 radical (unpaired) electrons. The van der Waals surface area contributed by atoms with E-state index in [0.29, 0.717) is 18.2 Å². The maximum atomic E-state index is 11.9. The zero-order chi connectivity index (χ0) is 14.7. The minimum Gasteiger partial charge on any atom is -0.461 e. The maximum Gasteiger partial charge on any atom is 0.306 e. The van der Waals surface area contributed by atoms with E-state index in [4.69, 9.17) is 14.5 Å². The quantitative estimate of drug-likeness (QED) is 0.774. The largest absolute Gasteiger partial charge is 0.461 e. The van der Waals surface area contributed by atoms with Crippen LogP contribution >= 0.6 is 0 Å². The fraction of sp³-hybridized carbons (Fsp3) is 0.733. The normalized spacial score (nSPS) is 25.3. The van der Waals surface area contributed by atoms with Gasteiger partial charge >= 0.3 is 5.97 Å². The van der Waals surface area contributed by atoms with Crippen molar-refractivity contribution in [1.29, 1.82) is 5.26 Å². The van der Waals surface area contributed by atoms with E-state index in [0.717, 1.165) is 44.3 Å². The minimum atomic E-state index is -0.284. The van der Waals surface area contributed by atoms with Crippen molar-refractivity contribution < 1.29 is 14.1 Å². The number of ether oxygens (including phenoxy) is 1. The highest BCUT2D eigenvalue weighted by molar-refractivity contribution is 5.69. The molecule has 0 N–H and O–H groups in total. The molecule has 6 nitrogen and oxygen atoms in total. The van der Waals surface area contributed by atoms with Gasteiger partial charge in [-0.15, -0.1) is 0 Å². The topological polar surface area (TPSA) is 89.0 Å². The molecule has 1 heterocycles. The van der Waals surface area contributed by atoms with Crippen molar-refractivity contribution >= 4 is 5.97 Å². The van der Waals surface area contributed by atoms with Gasteiger partial charge in [-0.1, -0.05) is 11.6 Å². The third-order valence-corrected chi connectivity index (χ3v) is 4.12. The van der Waals surface area contributed by atoms with E-state index in [2.05, 4.69) is 16.2 Å². The van der Waals surface area contributed by atoms with E-state index in [1.54, 1.807) is 0 Å². The number of esters is 1. The molecule has 1 aromatic rings. The lowest BCUT2D eigenvalue weighted by molar-refractivity contribution is -0.152. The van der Waals surface area contributed by atoms with E-state index in [9.17, 15) is 4.79 Å². The van der Waals surface area contributed by atoms with E-state index in [1.807, 2.05) is 0 Å². The van der Waals surface area contributed by atoms with Crippen LogP contribution in [-0.2, 0) is 16.0 Å². The van der Waals surface area contributed by atoms with Gasteiger partial charge in [0.2, 0.25) is 5.89 Å². The van der Waals surface area contributed by atoms with E-state index >= 15 is 0 Å². The maximum absolute atomic E-state index is 11.9. The Balaban J connectivity index is 1.46. The molecule has 0 bridgehead atoms. The highest BCUT2D eigenvalue weighted by Crippen LogP contribution is 2.38. The summed E-state index contributed by atoms with van der Waals surface area (Å²) < 4.78 is 10.6. The molecule has 2 saturated carbocycles. The minimum absolute atomic E-state index is 0.160. The van der Waals surface area contributed by atoms with Gasteiger partial charge in [0, 0.05) is 12.3 Å². The first kappa shape index (κ1) is 14.1. The summed E-state index contributed by atoms with van der Waals surface area (Å²) in [5.41, 5.74) is 0. The molecule has 6 heteroatoms. The number of nitriles is 1. The zero-order valence-corrected chi connectivity index (χ0v) is 12.0. The Labute approximate surface area is 123 Å². The number of carbonyl (C=O) groups excluding carboxylic acids is 1. The number of aromatic nitrogens is 2. The molecule has 21 heavy (non-hydrogen) atoms. The van der Waals surface area contributed by atoms with Crippen LogP contribution in [-0.4, -0.2) is 22.2 Å². The van der Waals surface area contributed by atoms with E-state index in [-0.39, 0.29) is 24.4 Å². The van der Waals surface area contributed by atoms with Crippen LogP contribution < -0.4 is 0 Å². The van der Waals surface area contributed by atoms with Crippen LogP contribution in [0.15, 0.2) is 4.52 Å². The van der Waals surface area contributed by atoms with Gasteiger partial charge in [-0.25, -0.2) is 0 Å². The van der Waals surface area contributed by atoms with Crippen molar-refractivity contribution in [1.82, 2.24) is 10.1 Å². The Kier molecular flexibility index (Phi) is 4.18. The van der Waals surface area contributed by atoms with Crippen molar-refractivity contribution in [2.24, 2.45) is 5.92 Å². The third-order valence-electron chi connectivity index (χ3n) is 4.12. The fourth-order valence-electron chi connectivity index (χ4n) is 2.70. The molecule has 0 saturated heterocycles. The second-order valence-electron chi connectivity index (χ2n) is 5.87. The lowest BCUT2D eigenvalue weighted by atomic mass is 9.87. The van der Waals surface area contributed by atoms with Gasteiger partial charge in [0.05, 0.1) is 18.4 Å². The van der Waals surface area contributed by atoms with Gasteiger partial charge in [-0.05, 0) is 32.1 Å². The standard InChI is InChI=1S/C15H19N3O3/c16-9-11-3-1-2-4-12(11)20-14(19)8-7-13-17-15(18-21-13)10-5-6-10/h10-12H,1-8H2. The Bertz CT molecular complexity index is 545. The predicted octanol–water partition coefficient (Wildman–Crippen LogP) is 2.51. The molecule has 0 aliphatic heterocycles. The molecular weight excluding hydrogens is 270 g/mol. The highest BCUT2D eigenvalue weighted by atomic mass is 16.5. The Morgan fingerprint density at radius 2 is 2.14 bits per heavy atom. The van der Waals surface area contributed by atoms with Crippen molar-refractivity contribution in [2.45, 2.75) is 63.4 Å². The summed E-state index contributed by atoms with van der Waals surface area (Å²) in [6.07, 6.45) is 6.29. The van der Waals surface area contributed by atoms with Gasteiger partial charge in [0.25, 0.3) is 0 Å². The first-order valence-electron chi connectivity index (χ1n) is 7.68. The summed E-state index contributed by atoms with van der Waals surface area (Å²) in [6, 6.07) is 2.24. The average Bonchev–Trinajstić information content (AvgIpc) is 3.25. The number of carbonyl (C=O) groups is 1. The first-order valence-corrected chi connectivity index (χ1v) is 7.68. The number of hydrogen-bond donors (Lipinski definition) is 0. The Hall–Kier alpha value is -1.90. The van der Waals surface area contributed by atoms with Crippen LogP contribution in [0.3, 0.4) is 0 Å². The van der Waals surface area contributed by atoms with Crippen LogP contribution in [0, 0.1) is 17.2 Å². The first-order chi connectivity index (χ1) is 10.3. The molecule has 2 atom stereocenters. The summed E-state index contributed by atoms with van der Waals surface area (Å²) in [5, 5.41) is 13.0. The molecule has 0 aromatic carbocycles. The smallest absolute Gasteiger partial charge is 0.306 e. The lowest BCUT2D eigenvalue weighted by Gasteiger charge is -2.26. The van der Waals surface area contributed by atoms with Gasteiger partial charge < -0.3 is 9.26 Å². The average molecular weight is 289 g/mol. The predicted molar refractivity (Wildman–Crippen MR) is 72.0 cm³/mol. The second kappa shape index (κ2) is 6.25. The Morgan fingerprint density at radius 1 is 1.33 bits per heavy atom. The molecule has 3 rings (SSSR count). The van der Waals surface area contributed by atoms with Crippen molar-refractivity contribution in [3.63, 3.8) is 0 Å². The van der Waals surface area contributed by atoms with E-state index in [1.165, 1.54) is 0 Å². The van der Waals surface area contributed by atoms with Gasteiger partial charge in [0.15, 0.2) is 5.82 Å². The number of hydrogen-bond acceptors (Lipinski definition) is 6. The monoisotopic (exact) mass is 289 g/mol. The van der Waals surface area contributed by atoms with Crippen LogP contribution in [0.5, 0.6) is 0 Å². The zero-order valence-electron chi connectivity index (χ0n) is 12.0. The van der Waals surface area contributed by atoms with Crippen molar-refractivity contribution in [3.05, 3.63) is 11.7 Å². The molecular formula is C15H19N3O3. The molecule has 1 aromatic heterocycles. The van der Waals surface area contributed by atoms with E-state index < -0.39 is 0 Å². The summed E-state index contributed by atoms with van der Waals surface area (Å²) in [7, 11) is 0. The van der Waals surface area contributed by atoms with Crippen molar-refractivity contribution in [2.75, 3.05) is 0 Å². The SMILES string of the molecule is N#CC1CCCCC1OC(=O)CCc1nc(C2CC2)no1. The van der Waals surface area contributed by atoms with Crippen LogP contribution in [0.1, 0.15) is 62.6 Å². The second-order valence-corrected chi connectivity index (χ2v) is 5.87. The van der Waals surface area contributed by atoms with Crippen LogP contribution in [0.4, 0.5) is 0 Å². The van der Waals surface area contributed by atoms with Crippen molar-refractivity contribution in [3.8, 4) is 6.07 Å². The summed E-state index contributed by atoms with van der Waals surface area (Å²) in [4.78, 5) is 16.2. The highest BCUT2D eigenvalue weighted by Gasteiger charge is 2.30. The van der Waals surface area contributed by atoms with Gasteiger partial charge in [0.1, 0.15) is 6.10 Å². The number of rotatable bonds is 5. The molecule has 2 aliphatic carbocycles. The summed E-state index contributed by atoms with van der Waals surface area (Å²) in [5.74, 6) is 1.26. The molecule has 2 fully saturated rings.